The first kappa shape index (κ1) is 15.1. The molecule has 1 aliphatic rings. The lowest BCUT2D eigenvalue weighted by Gasteiger charge is -2.18. The molecule has 3 aromatic rings. The lowest BCUT2D eigenvalue weighted by atomic mass is 10.1. The van der Waals surface area contributed by atoms with Crippen LogP contribution in [-0.2, 0) is 0 Å². The van der Waals surface area contributed by atoms with E-state index in [1.807, 2.05) is 50.2 Å². The Morgan fingerprint density at radius 2 is 1.42 bits per heavy atom. The average molecular weight is 327 g/mol. The van der Waals surface area contributed by atoms with Crippen LogP contribution in [0.25, 0.3) is 27.5 Å². The minimum Gasteiger partial charge on any atom is -0.307 e. The lowest BCUT2D eigenvalue weighted by molar-refractivity contribution is 0.207. The molecule has 0 aliphatic heterocycles. The third-order valence-electron chi connectivity index (χ3n) is 4.52. The number of hydrogen-bond donors (Lipinski definition) is 0. The van der Waals surface area contributed by atoms with E-state index in [-0.39, 0.29) is 5.70 Å². The summed E-state index contributed by atoms with van der Waals surface area (Å²) < 4.78 is 43.4. The van der Waals surface area contributed by atoms with Crippen molar-refractivity contribution in [2.75, 3.05) is 0 Å². The van der Waals surface area contributed by atoms with E-state index in [1.54, 1.807) is 4.57 Å². The molecule has 2 atom stereocenters. The molecular weight excluding hydrogens is 311 g/mol. The monoisotopic (exact) mass is 327 g/mol. The maximum atomic E-state index is 14.5. The van der Waals surface area contributed by atoms with E-state index in [9.17, 15) is 13.2 Å². The molecular formula is C20H16F3N. The third-order valence-corrected chi connectivity index (χ3v) is 4.52. The topological polar surface area (TPSA) is 4.93 Å². The van der Waals surface area contributed by atoms with Gasteiger partial charge in [-0.15, -0.1) is 0 Å². The van der Waals surface area contributed by atoms with Gasteiger partial charge in [0, 0.05) is 10.8 Å². The van der Waals surface area contributed by atoms with Crippen LogP contribution >= 0.6 is 0 Å². The van der Waals surface area contributed by atoms with Crippen molar-refractivity contribution < 1.29 is 13.2 Å². The second-order valence-corrected chi connectivity index (χ2v) is 6.32. The smallest absolute Gasteiger partial charge is 0.188 e. The summed E-state index contributed by atoms with van der Waals surface area (Å²) in [6.07, 6.45) is -1.79. The zero-order chi connectivity index (χ0) is 17.0. The lowest BCUT2D eigenvalue weighted by Crippen LogP contribution is -2.21. The van der Waals surface area contributed by atoms with Crippen molar-refractivity contribution in [1.82, 2.24) is 4.57 Å². The summed E-state index contributed by atoms with van der Waals surface area (Å²) in [5, 5.41) is 1.94. The Balaban J connectivity index is 2.13. The summed E-state index contributed by atoms with van der Waals surface area (Å²) >= 11 is 0. The predicted molar refractivity (Wildman–Crippen MR) is 92.2 cm³/mol. The van der Waals surface area contributed by atoms with Crippen LogP contribution in [-0.4, -0.2) is 16.9 Å². The highest BCUT2D eigenvalue weighted by Gasteiger charge is 2.30. The predicted octanol–water partition coefficient (Wildman–Crippen LogP) is 5.80. The van der Waals surface area contributed by atoms with E-state index in [0.29, 0.717) is 0 Å². The molecule has 0 amide bonds. The van der Waals surface area contributed by atoms with E-state index in [2.05, 4.69) is 0 Å². The van der Waals surface area contributed by atoms with Crippen molar-refractivity contribution in [2.45, 2.75) is 26.2 Å². The van der Waals surface area contributed by atoms with Crippen molar-refractivity contribution in [3.8, 4) is 0 Å². The first-order valence-electron chi connectivity index (χ1n) is 7.85. The summed E-state index contributed by atoms with van der Waals surface area (Å²) in [7, 11) is 0. The van der Waals surface area contributed by atoms with Crippen LogP contribution in [0.5, 0.6) is 0 Å². The number of allylic oxidation sites excluding steroid dienone is 4. The van der Waals surface area contributed by atoms with Crippen LogP contribution in [0.1, 0.15) is 11.1 Å². The van der Waals surface area contributed by atoms with Gasteiger partial charge in [0.2, 0.25) is 0 Å². The van der Waals surface area contributed by atoms with Crippen LogP contribution in [0.15, 0.2) is 54.4 Å². The summed E-state index contributed by atoms with van der Waals surface area (Å²) in [5.74, 6) is -1.06. The van der Waals surface area contributed by atoms with Crippen LogP contribution in [0.4, 0.5) is 13.2 Å². The highest BCUT2D eigenvalue weighted by atomic mass is 19.2. The Kier molecular flexibility index (Phi) is 3.30. The molecule has 1 aromatic heterocycles. The van der Waals surface area contributed by atoms with Gasteiger partial charge in [0.15, 0.2) is 18.2 Å². The number of hydrogen-bond acceptors (Lipinski definition) is 0. The van der Waals surface area contributed by atoms with Gasteiger partial charge in [-0.2, -0.15) is 0 Å². The number of halogens is 3. The highest BCUT2D eigenvalue weighted by molar-refractivity contribution is 6.11. The molecule has 1 aliphatic carbocycles. The van der Waals surface area contributed by atoms with Crippen molar-refractivity contribution in [3.05, 3.63) is 65.5 Å². The normalized spacial score (nSPS) is 21.2. The molecule has 0 fully saturated rings. The van der Waals surface area contributed by atoms with Gasteiger partial charge in [-0.1, -0.05) is 23.3 Å². The minimum atomic E-state index is -2.26. The van der Waals surface area contributed by atoms with Crippen molar-refractivity contribution in [1.29, 1.82) is 0 Å². The van der Waals surface area contributed by atoms with Crippen molar-refractivity contribution >= 4 is 27.5 Å². The van der Waals surface area contributed by atoms with E-state index >= 15 is 0 Å². The van der Waals surface area contributed by atoms with Crippen LogP contribution < -0.4 is 0 Å². The van der Waals surface area contributed by atoms with Gasteiger partial charge in [-0.3, -0.25) is 0 Å². The van der Waals surface area contributed by atoms with Crippen LogP contribution in [0.2, 0.25) is 0 Å². The Morgan fingerprint density at radius 3 is 1.96 bits per heavy atom. The fourth-order valence-corrected chi connectivity index (χ4v) is 3.33. The number of benzene rings is 2. The molecule has 2 unspecified atom stereocenters. The number of aryl methyl sites for hydroxylation is 2. The average Bonchev–Trinajstić information content (AvgIpc) is 2.86. The summed E-state index contributed by atoms with van der Waals surface area (Å²) in [5.41, 5.74) is 3.79. The molecule has 4 rings (SSSR count). The second kappa shape index (κ2) is 5.26. The molecule has 0 spiro atoms. The van der Waals surface area contributed by atoms with E-state index in [0.717, 1.165) is 39.0 Å². The minimum absolute atomic E-state index is 0.0594. The Morgan fingerprint density at radius 1 is 0.875 bits per heavy atom. The van der Waals surface area contributed by atoms with Crippen LogP contribution in [0, 0.1) is 13.8 Å². The highest BCUT2D eigenvalue weighted by Crippen LogP contribution is 2.37. The fraction of sp³-hybridized carbons (Fsp3) is 0.200. The number of alkyl halides is 2. The number of fused-ring (bicyclic) bond motifs is 3. The summed E-state index contributed by atoms with van der Waals surface area (Å²) in [6, 6.07) is 11.7. The Bertz CT molecular complexity index is 967. The SMILES string of the molecule is Cc1ccc2c(c1)c1cc(C)ccc1n2C1=C(F)C(F)C(F)C=C1. The largest absolute Gasteiger partial charge is 0.307 e. The first-order valence-corrected chi connectivity index (χ1v) is 7.85. The standard InChI is InChI=1S/C20H16F3N/c1-11-3-6-16-13(9-11)14-10-12(2)4-7-17(14)24(16)18-8-5-15(21)19(22)20(18)23/h3-10,15,19H,1-2H3. The molecule has 0 radical (unpaired) electrons. The van der Waals surface area contributed by atoms with Crippen molar-refractivity contribution in [3.63, 3.8) is 0 Å². The van der Waals surface area contributed by atoms with Gasteiger partial charge < -0.3 is 4.57 Å². The van der Waals surface area contributed by atoms with Gasteiger partial charge in [0.25, 0.3) is 0 Å². The number of nitrogens with zero attached hydrogens (tertiary/aromatic N) is 1. The molecule has 122 valence electrons. The molecule has 0 saturated heterocycles. The number of aromatic nitrogens is 1. The maximum Gasteiger partial charge on any atom is 0.188 e. The number of rotatable bonds is 1. The summed E-state index contributed by atoms with van der Waals surface area (Å²) in [6.45, 7) is 3.98. The maximum absolute atomic E-state index is 14.5. The van der Waals surface area contributed by atoms with E-state index in [4.69, 9.17) is 0 Å². The van der Waals surface area contributed by atoms with Gasteiger partial charge in [-0.05, 0) is 50.3 Å². The fourth-order valence-electron chi connectivity index (χ4n) is 3.33. The summed E-state index contributed by atoms with van der Waals surface area (Å²) in [4.78, 5) is 0. The van der Waals surface area contributed by atoms with E-state index < -0.39 is 18.2 Å². The molecule has 1 heterocycles. The van der Waals surface area contributed by atoms with Gasteiger partial charge >= 0.3 is 0 Å². The Labute approximate surface area is 137 Å². The molecule has 0 bridgehead atoms. The molecule has 2 aromatic carbocycles. The van der Waals surface area contributed by atoms with E-state index in [1.165, 1.54) is 6.08 Å². The first-order chi connectivity index (χ1) is 11.5. The second-order valence-electron chi connectivity index (χ2n) is 6.32. The third kappa shape index (κ3) is 2.09. The Hall–Kier alpha value is -2.49. The van der Waals surface area contributed by atoms with Gasteiger partial charge in [-0.25, -0.2) is 13.2 Å². The van der Waals surface area contributed by atoms with Gasteiger partial charge in [0.1, 0.15) is 0 Å². The van der Waals surface area contributed by atoms with Gasteiger partial charge in [0.05, 0.1) is 16.7 Å². The molecule has 24 heavy (non-hydrogen) atoms. The molecule has 4 heteroatoms. The molecule has 0 saturated carbocycles. The quantitative estimate of drug-likeness (QED) is 0.533. The zero-order valence-electron chi connectivity index (χ0n) is 13.4. The van der Waals surface area contributed by atoms with Crippen LogP contribution in [0.3, 0.4) is 0 Å². The molecule has 1 nitrogen and oxygen atoms in total. The van der Waals surface area contributed by atoms with Crippen molar-refractivity contribution in [2.24, 2.45) is 0 Å². The molecule has 0 N–H and O–H groups in total. The zero-order valence-corrected chi connectivity index (χ0v) is 13.4.